The highest BCUT2D eigenvalue weighted by Gasteiger charge is 2.34. The van der Waals surface area contributed by atoms with Crippen molar-refractivity contribution in [2.45, 2.75) is 13.0 Å². The number of urea groups is 1. The lowest BCUT2D eigenvalue weighted by Gasteiger charge is -2.40. The average molecular weight is 479 g/mol. The zero-order valence-electron chi connectivity index (χ0n) is 16.9. The summed E-state index contributed by atoms with van der Waals surface area (Å²) in [6.45, 7) is 1.23. The second-order valence-electron chi connectivity index (χ2n) is 7.74. The van der Waals surface area contributed by atoms with Gasteiger partial charge in [-0.1, -0.05) is 70.5 Å². The third-order valence-corrected chi connectivity index (χ3v) is 6.01. The molecule has 2 amide bonds. The van der Waals surface area contributed by atoms with E-state index >= 15 is 0 Å². The Bertz CT molecular complexity index is 1070. The molecule has 3 aromatic carbocycles. The molecule has 0 spiro atoms. The Labute approximate surface area is 190 Å². The minimum Gasteiger partial charge on any atom is -0.481 e. The molecule has 1 aliphatic rings. The van der Waals surface area contributed by atoms with Crippen LogP contribution in [0.25, 0.3) is 11.1 Å². The van der Waals surface area contributed by atoms with Gasteiger partial charge in [0.25, 0.3) is 0 Å². The van der Waals surface area contributed by atoms with E-state index in [2.05, 4.69) is 34.1 Å². The van der Waals surface area contributed by atoms with Crippen LogP contribution in [0.4, 0.5) is 10.5 Å². The highest BCUT2D eigenvalue weighted by Crippen LogP contribution is 2.29. The quantitative estimate of drug-likeness (QED) is 0.497. The van der Waals surface area contributed by atoms with E-state index in [1.165, 1.54) is 0 Å². The molecule has 0 saturated carbocycles. The SMILES string of the molecule is O=C(O)CC1CN(Cc2ccccc2-c2ccccc2)C(=O)N(c2ccc(Br)cc2)C1. The molecule has 4 rings (SSSR count). The maximum atomic E-state index is 13.4. The Hall–Kier alpha value is -3.12. The summed E-state index contributed by atoms with van der Waals surface area (Å²) in [7, 11) is 0. The van der Waals surface area contributed by atoms with Gasteiger partial charge in [0.2, 0.25) is 0 Å². The number of carbonyl (C=O) groups is 2. The topological polar surface area (TPSA) is 60.9 Å². The summed E-state index contributed by atoms with van der Waals surface area (Å²) in [5, 5.41) is 9.37. The lowest BCUT2D eigenvalue weighted by Crippen LogP contribution is -2.53. The number of carboxylic acids is 1. The van der Waals surface area contributed by atoms with Crippen molar-refractivity contribution >= 4 is 33.6 Å². The Morgan fingerprint density at radius 2 is 1.61 bits per heavy atom. The largest absolute Gasteiger partial charge is 0.481 e. The molecule has 6 heteroatoms. The predicted molar refractivity (Wildman–Crippen MR) is 125 cm³/mol. The maximum Gasteiger partial charge on any atom is 0.324 e. The number of halogens is 1. The van der Waals surface area contributed by atoms with Crippen LogP contribution < -0.4 is 4.90 Å². The molecule has 3 aromatic rings. The highest BCUT2D eigenvalue weighted by atomic mass is 79.9. The molecule has 0 aliphatic carbocycles. The van der Waals surface area contributed by atoms with Crippen LogP contribution >= 0.6 is 15.9 Å². The van der Waals surface area contributed by atoms with Gasteiger partial charge in [0.05, 0.1) is 6.42 Å². The van der Waals surface area contributed by atoms with Crippen LogP contribution in [0.3, 0.4) is 0 Å². The summed E-state index contributed by atoms with van der Waals surface area (Å²) >= 11 is 3.42. The summed E-state index contributed by atoms with van der Waals surface area (Å²) in [4.78, 5) is 28.3. The molecule has 1 saturated heterocycles. The molecule has 1 heterocycles. The van der Waals surface area contributed by atoms with Crippen molar-refractivity contribution in [3.63, 3.8) is 0 Å². The van der Waals surface area contributed by atoms with Gasteiger partial charge in [-0.15, -0.1) is 0 Å². The standard InChI is InChI=1S/C25H23BrN2O3/c26-21-10-12-22(13-11-21)28-16-18(14-24(29)30)15-27(25(28)31)17-20-8-4-5-9-23(20)19-6-2-1-3-7-19/h1-13,18H,14-17H2,(H,29,30). The molecule has 5 nitrogen and oxygen atoms in total. The first-order valence-electron chi connectivity index (χ1n) is 10.2. The smallest absolute Gasteiger partial charge is 0.324 e. The first-order valence-corrected chi connectivity index (χ1v) is 11.0. The van der Waals surface area contributed by atoms with Gasteiger partial charge in [0.1, 0.15) is 0 Å². The molecule has 158 valence electrons. The van der Waals surface area contributed by atoms with Crippen LogP contribution in [-0.2, 0) is 11.3 Å². The van der Waals surface area contributed by atoms with Crippen LogP contribution in [0.15, 0.2) is 83.3 Å². The normalized spacial score (nSPS) is 16.4. The fraction of sp³-hybridized carbons (Fsp3) is 0.200. The number of nitrogens with zero attached hydrogens (tertiary/aromatic N) is 2. The number of anilines is 1. The number of amides is 2. The van der Waals surface area contributed by atoms with E-state index in [-0.39, 0.29) is 18.4 Å². The molecule has 1 unspecified atom stereocenters. The van der Waals surface area contributed by atoms with Crippen LogP contribution in [0, 0.1) is 5.92 Å². The van der Waals surface area contributed by atoms with E-state index in [1.54, 1.807) is 9.80 Å². The Balaban J connectivity index is 1.64. The Morgan fingerprint density at radius 3 is 2.32 bits per heavy atom. The number of hydrogen-bond acceptors (Lipinski definition) is 2. The van der Waals surface area contributed by atoms with Crippen molar-refractivity contribution in [3.8, 4) is 11.1 Å². The third kappa shape index (κ3) is 4.97. The average Bonchev–Trinajstić information content (AvgIpc) is 2.77. The zero-order chi connectivity index (χ0) is 21.8. The van der Waals surface area contributed by atoms with Crippen molar-refractivity contribution in [2.24, 2.45) is 5.92 Å². The Morgan fingerprint density at radius 1 is 0.935 bits per heavy atom. The number of hydrogen-bond donors (Lipinski definition) is 1. The van der Waals surface area contributed by atoms with E-state index in [1.807, 2.05) is 60.7 Å². The molecule has 1 N–H and O–H groups in total. The van der Waals surface area contributed by atoms with Gasteiger partial charge >= 0.3 is 12.0 Å². The number of rotatable bonds is 6. The second-order valence-corrected chi connectivity index (χ2v) is 8.65. The third-order valence-electron chi connectivity index (χ3n) is 5.49. The summed E-state index contributed by atoms with van der Waals surface area (Å²) in [6.07, 6.45) is 0.0249. The number of carbonyl (C=O) groups excluding carboxylic acids is 1. The van der Waals surface area contributed by atoms with Gasteiger partial charge < -0.3 is 10.0 Å². The van der Waals surface area contributed by atoms with E-state index < -0.39 is 5.97 Å². The van der Waals surface area contributed by atoms with Gasteiger partial charge in [0.15, 0.2) is 0 Å². The fourth-order valence-corrected chi connectivity index (χ4v) is 4.33. The summed E-state index contributed by atoms with van der Waals surface area (Å²) in [6, 6.07) is 25.5. The monoisotopic (exact) mass is 478 g/mol. The highest BCUT2D eigenvalue weighted by molar-refractivity contribution is 9.10. The fourth-order valence-electron chi connectivity index (χ4n) is 4.06. The summed E-state index contributed by atoms with van der Waals surface area (Å²) in [5.74, 6) is -0.998. The van der Waals surface area contributed by atoms with Crippen molar-refractivity contribution < 1.29 is 14.7 Å². The lowest BCUT2D eigenvalue weighted by atomic mass is 9.97. The van der Waals surface area contributed by atoms with Gasteiger partial charge in [-0.2, -0.15) is 0 Å². The first-order chi connectivity index (χ1) is 15.0. The summed E-state index contributed by atoms with van der Waals surface area (Å²) < 4.78 is 0.927. The van der Waals surface area contributed by atoms with E-state index in [9.17, 15) is 14.7 Å². The maximum absolute atomic E-state index is 13.4. The van der Waals surface area contributed by atoms with Crippen molar-refractivity contribution in [2.75, 3.05) is 18.0 Å². The molecule has 0 radical (unpaired) electrons. The van der Waals surface area contributed by atoms with E-state index in [4.69, 9.17) is 0 Å². The molecule has 1 aliphatic heterocycles. The van der Waals surface area contributed by atoms with Crippen LogP contribution in [-0.4, -0.2) is 35.1 Å². The second kappa shape index (κ2) is 9.35. The van der Waals surface area contributed by atoms with Crippen molar-refractivity contribution in [3.05, 3.63) is 88.9 Å². The van der Waals surface area contributed by atoms with E-state index in [0.717, 1.165) is 26.9 Å². The van der Waals surface area contributed by atoms with E-state index in [0.29, 0.717) is 19.6 Å². The molecular formula is C25H23BrN2O3. The number of carboxylic acid groups (broad SMARTS) is 1. The van der Waals surface area contributed by atoms with Crippen molar-refractivity contribution in [1.82, 2.24) is 4.90 Å². The van der Waals surface area contributed by atoms with Gasteiger partial charge in [0, 0.05) is 35.7 Å². The van der Waals surface area contributed by atoms with Crippen LogP contribution in [0.2, 0.25) is 0 Å². The molecule has 1 fully saturated rings. The molecule has 0 bridgehead atoms. The van der Waals surface area contributed by atoms with Crippen molar-refractivity contribution in [1.29, 1.82) is 0 Å². The van der Waals surface area contributed by atoms with Gasteiger partial charge in [-0.05, 0) is 41.0 Å². The summed E-state index contributed by atoms with van der Waals surface area (Å²) in [5.41, 5.74) is 3.97. The number of benzene rings is 3. The molecule has 0 aromatic heterocycles. The predicted octanol–water partition coefficient (Wildman–Crippen LogP) is 5.65. The Kier molecular flexibility index (Phi) is 6.37. The van der Waals surface area contributed by atoms with Crippen LogP contribution in [0.5, 0.6) is 0 Å². The first kappa shape index (κ1) is 21.1. The van der Waals surface area contributed by atoms with Gasteiger partial charge in [-0.25, -0.2) is 4.79 Å². The molecule has 31 heavy (non-hydrogen) atoms. The minimum absolute atomic E-state index is 0.0249. The molecular weight excluding hydrogens is 456 g/mol. The zero-order valence-corrected chi connectivity index (χ0v) is 18.5. The minimum atomic E-state index is -0.847. The van der Waals surface area contributed by atoms with Gasteiger partial charge in [-0.3, -0.25) is 9.69 Å². The molecule has 1 atom stereocenters. The van der Waals surface area contributed by atoms with Crippen LogP contribution in [0.1, 0.15) is 12.0 Å². The number of aliphatic carboxylic acids is 1. The lowest BCUT2D eigenvalue weighted by molar-refractivity contribution is -0.138.